The predicted molar refractivity (Wildman–Crippen MR) is 40.4 cm³/mol. The van der Waals surface area contributed by atoms with Gasteiger partial charge in [0.1, 0.15) is 0 Å². The number of hydroxylamine groups is 1. The largest absolute Gasteiger partial charge is 0.297 e. The van der Waals surface area contributed by atoms with E-state index in [1.165, 1.54) is 11.5 Å². The molecule has 0 amide bonds. The van der Waals surface area contributed by atoms with Gasteiger partial charge < -0.3 is 0 Å². The third kappa shape index (κ3) is 2.39. The van der Waals surface area contributed by atoms with Gasteiger partial charge in [0.05, 0.1) is 12.6 Å². The monoisotopic (exact) mass is 145 g/mol. The number of rotatable bonds is 4. The van der Waals surface area contributed by atoms with E-state index in [1.54, 1.807) is 6.08 Å². The Morgan fingerprint density at radius 3 is 3.00 bits per heavy atom. The summed E-state index contributed by atoms with van der Waals surface area (Å²) in [7, 11) is 0. The molecule has 0 radical (unpaired) electrons. The van der Waals surface area contributed by atoms with Crippen LogP contribution in [0.1, 0.15) is 0 Å². The molecule has 52 valence electrons. The molecule has 1 rings (SSSR count). The van der Waals surface area contributed by atoms with Crippen molar-refractivity contribution in [2.24, 2.45) is 0 Å². The van der Waals surface area contributed by atoms with Crippen LogP contribution in [0.15, 0.2) is 12.7 Å². The van der Waals surface area contributed by atoms with E-state index in [9.17, 15) is 0 Å². The van der Waals surface area contributed by atoms with Crippen molar-refractivity contribution in [1.82, 2.24) is 5.48 Å². The fourth-order valence-electron chi connectivity index (χ4n) is 0.529. The third-order valence-electron chi connectivity index (χ3n) is 1.09. The van der Waals surface area contributed by atoms with Crippen LogP contribution in [0.2, 0.25) is 0 Å². The number of thioether (sulfide) groups is 1. The molecule has 0 bridgehead atoms. The Hall–Kier alpha value is 0.0100. The quantitative estimate of drug-likeness (QED) is 0.359. The molecule has 0 aliphatic carbocycles. The van der Waals surface area contributed by atoms with Crippen LogP contribution < -0.4 is 5.48 Å². The Bertz CT molecular complexity index is 93.1. The lowest BCUT2D eigenvalue weighted by Crippen LogP contribution is -2.40. The Morgan fingerprint density at radius 2 is 2.56 bits per heavy atom. The van der Waals surface area contributed by atoms with E-state index in [2.05, 4.69) is 12.1 Å². The molecule has 1 aliphatic heterocycles. The van der Waals surface area contributed by atoms with Gasteiger partial charge in [0.2, 0.25) is 0 Å². The molecule has 0 aromatic rings. The summed E-state index contributed by atoms with van der Waals surface area (Å²) in [5.74, 6) is 2.36. The molecule has 0 unspecified atom stereocenters. The third-order valence-corrected chi connectivity index (χ3v) is 2.37. The molecule has 1 N–H and O–H groups in total. The molecule has 1 heterocycles. The molecule has 9 heavy (non-hydrogen) atoms. The summed E-state index contributed by atoms with van der Waals surface area (Å²) in [6, 6.07) is 0.579. The number of hydrogen-bond donors (Lipinski definition) is 1. The molecular formula is C6H11NOS. The van der Waals surface area contributed by atoms with Crippen molar-refractivity contribution in [3.63, 3.8) is 0 Å². The molecule has 0 saturated carbocycles. The SMILES string of the molecule is C=CCONC1CSC1. The first-order chi connectivity index (χ1) is 4.43. The van der Waals surface area contributed by atoms with Gasteiger partial charge in [-0.25, -0.2) is 0 Å². The summed E-state index contributed by atoms with van der Waals surface area (Å²) in [5.41, 5.74) is 2.93. The Morgan fingerprint density at radius 1 is 1.78 bits per heavy atom. The average molecular weight is 145 g/mol. The molecular weight excluding hydrogens is 134 g/mol. The lowest BCUT2D eigenvalue weighted by molar-refractivity contribution is 0.0437. The minimum Gasteiger partial charge on any atom is -0.297 e. The van der Waals surface area contributed by atoms with Gasteiger partial charge in [-0.2, -0.15) is 17.2 Å². The van der Waals surface area contributed by atoms with Crippen molar-refractivity contribution in [1.29, 1.82) is 0 Å². The van der Waals surface area contributed by atoms with Crippen molar-refractivity contribution < 1.29 is 4.84 Å². The number of hydrogen-bond acceptors (Lipinski definition) is 3. The standard InChI is InChI=1S/C6H11NOS/c1-2-3-8-7-6-4-9-5-6/h2,6-7H,1,3-5H2. The summed E-state index contributed by atoms with van der Waals surface area (Å²) in [6.45, 7) is 4.13. The summed E-state index contributed by atoms with van der Waals surface area (Å²) in [6.07, 6.45) is 1.73. The second-order valence-electron chi connectivity index (χ2n) is 1.95. The van der Waals surface area contributed by atoms with Crippen LogP contribution in [0.5, 0.6) is 0 Å². The fourth-order valence-corrected chi connectivity index (χ4v) is 1.14. The van der Waals surface area contributed by atoms with Gasteiger partial charge in [-0.1, -0.05) is 6.08 Å². The van der Waals surface area contributed by atoms with E-state index < -0.39 is 0 Å². The maximum Gasteiger partial charge on any atom is 0.0861 e. The molecule has 0 atom stereocenters. The van der Waals surface area contributed by atoms with Crippen LogP contribution in [-0.2, 0) is 4.84 Å². The van der Waals surface area contributed by atoms with Crippen LogP contribution in [0.3, 0.4) is 0 Å². The van der Waals surface area contributed by atoms with E-state index in [-0.39, 0.29) is 0 Å². The van der Waals surface area contributed by atoms with Crippen LogP contribution >= 0.6 is 11.8 Å². The molecule has 0 aromatic heterocycles. The van der Waals surface area contributed by atoms with Gasteiger partial charge >= 0.3 is 0 Å². The van der Waals surface area contributed by atoms with E-state index in [1.807, 2.05) is 11.8 Å². The maximum absolute atomic E-state index is 5.01. The lowest BCUT2D eigenvalue weighted by atomic mass is 10.4. The molecule has 3 heteroatoms. The van der Waals surface area contributed by atoms with Crippen molar-refractivity contribution >= 4 is 11.8 Å². The Balaban J connectivity index is 1.85. The maximum atomic E-state index is 5.01. The molecule has 1 aliphatic rings. The van der Waals surface area contributed by atoms with Gasteiger partial charge in [0, 0.05) is 11.5 Å². The molecule has 0 aromatic carbocycles. The van der Waals surface area contributed by atoms with Crippen LogP contribution in [0.25, 0.3) is 0 Å². The summed E-state index contributed by atoms with van der Waals surface area (Å²) >= 11 is 1.93. The highest BCUT2D eigenvalue weighted by Gasteiger charge is 2.16. The van der Waals surface area contributed by atoms with Crippen LogP contribution in [-0.4, -0.2) is 24.2 Å². The van der Waals surface area contributed by atoms with Crippen molar-refractivity contribution in [2.75, 3.05) is 18.1 Å². The minimum atomic E-state index is 0.579. The predicted octanol–water partition coefficient (Wildman–Crippen LogP) is 0.809. The van der Waals surface area contributed by atoms with Gasteiger partial charge in [0.15, 0.2) is 0 Å². The topological polar surface area (TPSA) is 21.3 Å². The Kier molecular flexibility index (Phi) is 3.11. The molecule has 2 nitrogen and oxygen atoms in total. The van der Waals surface area contributed by atoms with Crippen molar-refractivity contribution in [3.8, 4) is 0 Å². The highest BCUT2D eigenvalue weighted by atomic mass is 32.2. The zero-order chi connectivity index (χ0) is 6.53. The fraction of sp³-hybridized carbons (Fsp3) is 0.667. The van der Waals surface area contributed by atoms with Crippen molar-refractivity contribution in [3.05, 3.63) is 12.7 Å². The highest BCUT2D eigenvalue weighted by Crippen LogP contribution is 2.16. The lowest BCUT2D eigenvalue weighted by Gasteiger charge is -2.24. The smallest absolute Gasteiger partial charge is 0.0861 e. The molecule has 0 spiro atoms. The minimum absolute atomic E-state index is 0.579. The number of nitrogens with one attached hydrogen (secondary N) is 1. The molecule has 1 fully saturated rings. The molecule has 1 saturated heterocycles. The first-order valence-corrected chi connectivity index (χ1v) is 4.15. The normalized spacial score (nSPS) is 19.1. The second kappa shape index (κ2) is 3.93. The van der Waals surface area contributed by atoms with E-state index in [0.717, 1.165) is 0 Å². The van der Waals surface area contributed by atoms with E-state index in [0.29, 0.717) is 12.6 Å². The summed E-state index contributed by atoms with van der Waals surface area (Å²) in [4.78, 5) is 5.01. The average Bonchev–Trinajstić information content (AvgIpc) is 1.76. The first kappa shape index (κ1) is 7.12. The second-order valence-corrected chi connectivity index (χ2v) is 3.03. The zero-order valence-electron chi connectivity index (χ0n) is 5.30. The highest BCUT2D eigenvalue weighted by molar-refractivity contribution is 8.00. The van der Waals surface area contributed by atoms with E-state index in [4.69, 9.17) is 4.84 Å². The summed E-state index contributed by atoms with van der Waals surface area (Å²) < 4.78 is 0. The van der Waals surface area contributed by atoms with Gasteiger partial charge in [-0.05, 0) is 0 Å². The van der Waals surface area contributed by atoms with Gasteiger partial charge in [-0.3, -0.25) is 4.84 Å². The Labute approximate surface area is 59.6 Å². The zero-order valence-corrected chi connectivity index (χ0v) is 6.12. The van der Waals surface area contributed by atoms with Crippen LogP contribution in [0, 0.1) is 0 Å². The van der Waals surface area contributed by atoms with Gasteiger partial charge in [0.25, 0.3) is 0 Å². The van der Waals surface area contributed by atoms with Crippen molar-refractivity contribution in [2.45, 2.75) is 6.04 Å². The summed E-state index contributed by atoms with van der Waals surface area (Å²) in [5, 5.41) is 0. The van der Waals surface area contributed by atoms with Crippen LogP contribution in [0.4, 0.5) is 0 Å². The first-order valence-electron chi connectivity index (χ1n) is 2.99. The van der Waals surface area contributed by atoms with E-state index >= 15 is 0 Å². The van der Waals surface area contributed by atoms with Gasteiger partial charge in [-0.15, -0.1) is 6.58 Å².